The molecule has 1 amide bonds. The molecule has 1 saturated carbocycles. The zero-order valence-electron chi connectivity index (χ0n) is 14.1. The number of aryl methyl sites for hydroxylation is 1. The van der Waals surface area contributed by atoms with Gasteiger partial charge >= 0.3 is 0 Å². The maximum atomic E-state index is 12.0. The first-order chi connectivity index (χ1) is 10.7. The van der Waals surface area contributed by atoms with Crippen molar-refractivity contribution in [1.29, 1.82) is 0 Å². The van der Waals surface area contributed by atoms with Gasteiger partial charge in [0.15, 0.2) is 0 Å². The van der Waals surface area contributed by atoms with Gasteiger partial charge in [0, 0.05) is 12.6 Å². The number of hydrogen-bond donors (Lipinski definition) is 1. The Morgan fingerprint density at radius 2 is 1.95 bits per heavy atom. The van der Waals surface area contributed by atoms with Crippen molar-refractivity contribution in [3.63, 3.8) is 0 Å². The zero-order chi connectivity index (χ0) is 15.8. The van der Waals surface area contributed by atoms with Crippen molar-refractivity contribution >= 4 is 5.91 Å². The molecule has 1 aromatic carbocycles. The Labute approximate surface area is 135 Å². The Morgan fingerprint density at radius 3 is 2.68 bits per heavy atom. The molecule has 0 unspecified atom stereocenters. The van der Waals surface area contributed by atoms with Crippen molar-refractivity contribution in [2.75, 3.05) is 20.1 Å². The van der Waals surface area contributed by atoms with Crippen molar-refractivity contribution in [1.82, 2.24) is 10.2 Å². The molecule has 1 aliphatic carbocycles. The Bertz CT molecular complexity index is 466. The van der Waals surface area contributed by atoms with Crippen LogP contribution >= 0.6 is 0 Å². The summed E-state index contributed by atoms with van der Waals surface area (Å²) in [6, 6.07) is 8.86. The maximum absolute atomic E-state index is 12.0. The Balaban J connectivity index is 1.61. The quantitative estimate of drug-likeness (QED) is 0.784. The van der Waals surface area contributed by atoms with Crippen LogP contribution in [0.1, 0.15) is 49.7 Å². The number of amides is 1. The molecule has 0 radical (unpaired) electrons. The lowest BCUT2D eigenvalue weighted by Crippen LogP contribution is -2.36. The average molecular weight is 302 g/mol. The second-order valence-corrected chi connectivity index (χ2v) is 6.58. The number of carbonyl (C=O) groups excluding carboxylic acids is 1. The van der Waals surface area contributed by atoms with E-state index in [1.165, 1.54) is 37.7 Å². The zero-order valence-corrected chi connectivity index (χ0v) is 14.1. The van der Waals surface area contributed by atoms with Crippen LogP contribution in [-0.2, 0) is 11.2 Å². The molecule has 0 atom stereocenters. The highest BCUT2D eigenvalue weighted by Crippen LogP contribution is 2.21. The van der Waals surface area contributed by atoms with Gasteiger partial charge in [-0.2, -0.15) is 0 Å². The predicted molar refractivity (Wildman–Crippen MR) is 92.0 cm³/mol. The molecular formula is C19H30N2O. The van der Waals surface area contributed by atoms with E-state index in [1.54, 1.807) is 0 Å². The summed E-state index contributed by atoms with van der Waals surface area (Å²) in [5.74, 6) is 0.134. The van der Waals surface area contributed by atoms with Crippen molar-refractivity contribution in [3.05, 3.63) is 35.4 Å². The van der Waals surface area contributed by atoms with Gasteiger partial charge in [-0.3, -0.25) is 4.79 Å². The summed E-state index contributed by atoms with van der Waals surface area (Å²) in [6.07, 6.45) is 8.37. The first-order valence-electron chi connectivity index (χ1n) is 8.68. The van der Waals surface area contributed by atoms with E-state index in [9.17, 15) is 4.79 Å². The monoisotopic (exact) mass is 302 g/mol. The summed E-state index contributed by atoms with van der Waals surface area (Å²) < 4.78 is 0. The molecule has 1 fully saturated rings. The predicted octanol–water partition coefficient (Wildman–Crippen LogP) is 3.31. The number of benzene rings is 1. The van der Waals surface area contributed by atoms with E-state index in [0.29, 0.717) is 6.42 Å². The maximum Gasteiger partial charge on any atom is 0.224 e. The van der Waals surface area contributed by atoms with Gasteiger partial charge in [-0.15, -0.1) is 0 Å². The molecule has 0 bridgehead atoms. The SMILES string of the molecule is Cc1ccccc1CC(=O)NCCCN(C)C1CCCCC1. The molecule has 2 rings (SSSR count). The van der Waals surface area contributed by atoms with E-state index in [-0.39, 0.29) is 5.91 Å². The van der Waals surface area contributed by atoms with Crippen LogP contribution in [0.5, 0.6) is 0 Å². The minimum absolute atomic E-state index is 0.134. The van der Waals surface area contributed by atoms with Crippen molar-refractivity contribution in [2.45, 2.75) is 57.9 Å². The van der Waals surface area contributed by atoms with Crippen LogP contribution in [0.2, 0.25) is 0 Å². The minimum Gasteiger partial charge on any atom is -0.356 e. The highest BCUT2D eigenvalue weighted by atomic mass is 16.1. The lowest BCUT2D eigenvalue weighted by molar-refractivity contribution is -0.120. The summed E-state index contributed by atoms with van der Waals surface area (Å²) in [4.78, 5) is 14.5. The lowest BCUT2D eigenvalue weighted by atomic mass is 9.94. The first kappa shape index (κ1) is 17.0. The van der Waals surface area contributed by atoms with Gasteiger partial charge in [0.2, 0.25) is 5.91 Å². The molecule has 3 nitrogen and oxygen atoms in total. The van der Waals surface area contributed by atoms with E-state index < -0.39 is 0 Å². The lowest BCUT2D eigenvalue weighted by Gasteiger charge is -2.31. The van der Waals surface area contributed by atoms with Gasteiger partial charge in [0.25, 0.3) is 0 Å². The van der Waals surface area contributed by atoms with E-state index in [4.69, 9.17) is 0 Å². The Morgan fingerprint density at radius 1 is 1.23 bits per heavy atom. The van der Waals surface area contributed by atoms with Crippen LogP contribution in [0.15, 0.2) is 24.3 Å². The second-order valence-electron chi connectivity index (χ2n) is 6.58. The summed E-state index contributed by atoms with van der Waals surface area (Å²) in [7, 11) is 2.23. The Hall–Kier alpha value is -1.35. The molecule has 0 aromatic heterocycles. The van der Waals surface area contributed by atoms with Crippen LogP contribution in [0, 0.1) is 6.92 Å². The van der Waals surface area contributed by atoms with Crippen LogP contribution in [0.3, 0.4) is 0 Å². The Kier molecular flexibility index (Phi) is 6.91. The number of rotatable bonds is 7. The molecule has 0 saturated heterocycles. The molecule has 1 aromatic rings. The molecule has 1 N–H and O–H groups in total. The fraction of sp³-hybridized carbons (Fsp3) is 0.632. The van der Waals surface area contributed by atoms with Crippen LogP contribution in [0.25, 0.3) is 0 Å². The first-order valence-corrected chi connectivity index (χ1v) is 8.68. The van der Waals surface area contributed by atoms with Crippen molar-refractivity contribution in [2.24, 2.45) is 0 Å². The van der Waals surface area contributed by atoms with Crippen LogP contribution < -0.4 is 5.32 Å². The van der Waals surface area contributed by atoms with Gasteiger partial charge < -0.3 is 10.2 Å². The second kappa shape index (κ2) is 8.94. The van der Waals surface area contributed by atoms with E-state index >= 15 is 0 Å². The van der Waals surface area contributed by atoms with Gasteiger partial charge in [0.05, 0.1) is 6.42 Å². The van der Waals surface area contributed by atoms with Crippen LogP contribution in [-0.4, -0.2) is 37.0 Å². The molecule has 0 aliphatic heterocycles. The highest BCUT2D eigenvalue weighted by molar-refractivity contribution is 5.78. The number of nitrogens with zero attached hydrogens (tertiary/aromatic N) is 1. The van der Waals surface area contributed by atoms with Crippen molar-refractivity contribution < 1.29 is 4.79 Å². The minimum atomic E-state index is 0.134. The number of carbonyl (C=O) groups is 1. The third-order valence-electron chi connectivity index (χ3n) is 4.82. The third kappa shape index (κ3) is 5.45. The molecule has 22 heavy (non-hydrogen) atoms. The average Bonchev–Trinajstić information content (AvgIpc) is 2.54. The molecule has 3 heteroatoms. The van der Waals surface area contributed by atoms with E-state index in [2.05, 4.69) is 30.3 Å². The van der Waals surface area contributed by atoms with Gasteiger partial charge in [-0.25, -0.2) is 0 Å². The smallest absolute Gasteiger partial charge is 0.224 e. The summed E-state index contributed by atoms with van der Waals surface area (Å²) in [6.45, 7) is 3.92. The van der Waals surface area contributed by atoms with Gasteiger partial charge in [-0.05, 0) is 50.9 Å². The van der Waals surface area contributed by atoms with Crippen LogP contribution in [0.4, 0.5) is 0 Å². The van der Waals surface area contributed by atoms with Crippen molar-refractivity contribution in [3.8, 4) is 0 Å². The normalized spacial score (nSPS) is 16.0. The summed E-state index contributed by atoms with van der Waals surface area (Å²) >= 11 is 0. The van der Waals surface area contributed by atoms with Gasteiger partial charge in [0.1, 0.15) is 0 Å². The summed E-state index contributed by atoms with van der Waals surface area (Å²) in [5, 5.41) is 3.05. The number of hydrogen-bond acceptors (Lipinski definition) is 2. The fourth-order valence-electron chi connectivity index (χ4n) is 3.30. The number of nitrogens with one attached hydrogen (secondary N) is 1. The van der Waals surface area contributed by atoms with Gasteiger partial charge in [-0.1, -0.05) is 43.5 Å². The summed E-state index contributed by atoms with van der Waals surface area (Å²) in [5.41, 5.74) is 2.31. The molecule has 1 aliphatic rings. The molecule has 0 spiro atoms. The van der Waals surface area contributed by atoms with E-state index in [0.717, 1.165) is 31.1 Å². The standard InChI is InChI=1S/C19H30N2O/c1-16-9-6-7-10-17(16)15-19(22)20-13-8-14-21(2)18-11-4-3-5-12-18/h6-7,9-10,18H,3-5,8,11-15H2,1-2H3,(H,20,22). The van der Waals surface area contributed by atoms with E-state index in [1.807, 2.05) is 18.2 Å². The highest BCUT2D eigenvalue weighted by Gasteiger charge is 2.17. The molecular weight excluding hydrogens is 272 g/mol. The fourth-order valence-corrected chi connectivity index (χ4v) is 3.30. The molecule has 0 heterocycles. The topological polar surface area (TPSA) is 32.3 Å². The largest absolute Gasteiger partial charge is 0.356 e. The molecule has 122 valence electrons. The third-order valence-corrected chi connectivity index (χ3v) is 4.82.